The fourth-order valence-electron chi connectivity index (χ4n) is 3.84. The Labute approximate surface area is 206 Å². The van der Waals surface area contributed by atoms with Crippen molar-refractivity contribution in [1.82, 2.24) is 4.98 Å². The summed E-state index contributed by atoms with van der Waals surface area (Å²) >= 11 is 0. The molecule has 1 aromatic heterocycles. The number of carbonyl (C=O) groups is 1. The maximum atomic E-state index is 12.8. The second-order valence-corrected chi connectivity index (χ2v) is 8.35. The highest BCUT2D eigenvalue weighted by molar-refractivity contribution is 5.76. The topological polar surface area (TPSA) is 72.6 Å². The second-order valence-electron chi connectivity index (χ2n) is 8.35. The highest BCUT2D eigenvalue weighted by Crippen LogP contribution is 2.31. The number of benzene rings is 3. The van der Waals surface area contributed by atoms with Crippen LogP contribution in [0.1, 0.15) is 34.1 Å². The van der Waals surface area contributed by atoms with Gasteiger partial charge in [-0.25, -0.2) is 4.98 Å². The number of aryl methyl sites for hydroxylation is 1. The van der Waals surface area contributed by atoms with Crippen LogP contribution in [0.5, 0.6) is 5.75 Å². The van der Waals surface area contributed by atoms with Crippen molar-refractivity contribution >= 4 is 5.97 Å². The van der Waals surface area contributed by atoms with Crippen LogP contribution in [0, 0.1) is 6.92 Å². The first-order valence-corrected chi connectivity index (χ1v) is 11.3. The Hall–Kier alpha value is -4.07. The summed E-state index contributed by atoms with van der Waals surface area (Å²) in [6.07, 6.45) is -3.77. The third-order valence-electron chi connectivity index (χ3n) is 5.82. The molecule has 0 bridgehead atoms. The number of alkyl halides is 3. The van der Waals surface area contributed by atoms with Crippen LogP contribution in [0.3, 0.4) is 0 Å². The number of aromatic nitrogens is 1. The van der Waals surface area contributed by atoms with E-state index in [0.717, 1.165) is 34.7 Å². The van der Waals surface area contributed by atoms with E-state index in [0.29, 0.717) is 30.2 Å². The fourth-order valence-corrected chi connectivity index (χ4v) is 3.84. The molecule has 0 aliphatic heterocycles. The van der Waals surface area contributed by atoms with Crippen molar-refractivity contribution in [2.45, 2.75) is 31.9 Å². The molecule has 1 heterocycles. The van der Waals surface area contributed by atoms with Crippen LogP contribution in [-0.4, -0.2) is 22.7 Å². The summed E-state index contributed by atoms with van der Waals surface area (Å²) in [4.78, 5) is 16.3. The Kier molecular flexibility index (Phi) is 7.43. The predicted molar refractivity (Wildman–Crippen MR) is 128 cm³/mol. The largest absolute Gasteiger partial charge is 0.493 e. The summed E-state index contributed by atoms with van der Waals surface area (Å²) in [5, 5.41) is 9.63. The van der Waals surface area contributed by atoms with E-state index in [9.17, 15) is 23.1 Å². The van der Waals surface area contributed by atoms with Crippen molar-refractivity contribution in [3.8, 4) is 17.2 Å². The second kappa shape index (κ2) is 10.7. The Bertz CT molecular complexity index is 1300. The van der Waals surface area contributed by atoms with Gasteiger partial charge in [0.1, 0.15) is 11.5 Å². The first-order valence-electron chi connectivity index (χ1n) is 11.3. The van der Waals surface area contributed by atoms with Gasteiger partial charge in [-0.2, -0.15) is 13.2 Å². The highest BCUT2D eigenvalue weighted by atomic mass is 19.4. The Balaban J connectivity index is 1.34. The molecule has 0 spiro atoms. The molecule has 4 rings (SSSR count). The average molecular weight is 495 g/mol. The summed E-state index contributed by atoms with van der Waals surface area (Å²) < 4.78 is 50.0. The van der Waals surface area contributed by atoms with Crippen molar-refractivity contribution in [3.05, 3.63) is 107 Å². The zero-order valence-electron chi connectivity index (χ0n) is 19.5. The van der Waals surface area contributed by atoms with Crippen molar-refractivity contribution in [3.63, 3.8) is 0 Å². The van der Waals surface area contributed by atoms with Crippen molar-refractivity contribution in [2.75, 3.05) is 6.61 Å². The lowest BCUT2D eigenvalue weighted by Crippen LogP contribution is -2.15. The SMILES string of the molecule is Cc1oc(-c2ccccc2)nc1CCOc1ccc(C[C@@H](C(=O)O)c2ccc(C(F)(F)F)cc2)cc1. The Morgan fingerprint density at radius 2 is 1.67 bits per heavy atom. The zero-order valence-corrected chi connectivity index (χ0v) is 19.5. The van der Waals surface area contributed by atoms with Crippen LogP contribution >= 0.6 is 0 Å². The molecule has 5 nitrogen and oxygen atoms in total. The normalized spacial score (nSPS) is 12.3. The Morgan fingerprint density at radius 3 is 2.28 bits per heavy atom. The molecular formula is C28H24F3NO4. The van der Waals surface area contributed by atoms with Gasteiger partial charge in [0.25, 0.3) is 0 Å². The number of hydrogen-bond donors (Lipinski definition) is 1. The van der Waals surface area contributed by atoms with Crippen LogP contribution in [-0.2, 0) is 23.8 Å². The molecule has 0 unspecified atom stereocenters. The van der Waals surface area contributed by atoms with Crippen molar-refractivity contribution < 1.29 is 32.2 Å². The van der Waals surface area contributed by atoms with E-state index in [1.165, 1.54) is 12.1 Å². The van der Waals surface area contributed by atoms with E-state index >= 15 is 0 Å². The molecule has 0 aliphatic carbocycles. The first kappa shape index (κ1) is 25.0. The number of ether oxygens (including phenoxy) is 1. The molecule has 0 fully saturated rings. The molecule has 0 saturated carbocycles. The van der Waals surface area contributed by atoms with E-state index in [-0.39, 0.29) is 6.42 Å². The minimum absolute atomic E-state index is 0.140. The molecule has 4 aromatic rings. The molecule has 1 N–H and O–H groups in total. The minimum Gasteiger partial charge on any atom is -0.493 e. The van der Waals surface area contributed by atoms with Gasteiger partial charge in [-0.3, -0.25) is 4.79 Å². The van der Waals surface area contributed by atoms with Gasteiger partial charge in [-0.05, 0) is 60.9 Å². The highest BCUT2D eigenvalue weighted by Gasteiger charge is 2.31. The number of aliphatic carboxylic acids is 1. The van der Waals surface area contributed by atoms with E-state index in [2.05, 4.69) is 4.98 Å². The number of hydrogen-bond acceptors (Lipinski definition) is 4. The average Bonchev–Trinajstić information content (AvgIpc) is 3.24. The third kappa shape index (κ3) is 6.13. The zero-order chi connectivity index (χ0) is 25.7. The number of oxazole rings is 1. The summed E-state index contributed by atoms with van der Waals surface area (Å²) in [6.45, 7) is 2.24. The summed E-state index contributed by atoms with van der Waals surface area (Å²) in [7, 11) is 0. The maximum absolute atomic E-state index is 12.8. The molecule has 186 valence electrons. The van der Waals surface area contributed by atoms with E-state index < -0.39 is 23.6 Å². The standard InChI is InChI=1S/C28H24F3NO4/c1-18-25(32-26(36-18)21-5-3-2-4-6-21)15-16-35-23-13-7-19(8-14-23)17-24(27(33)34)20-9-11-22(12-10-20)28(29,30)31/h2-14,24H,15-17H2,1H3,(H,33,34)/t24-/m1/s1. The fraction of sp³-hybridized carbons (Fsp3) is 0.214. The van der Waals surface area contributed by atoms with Gasteiger partial charge in [-0.1, -0.05) is 42.5 Å². The molecule has 0 saturated heterocycles. The first-order chi connectivity index (χ1) is 17.2. The molecule has 8 heteroatoms. The van der Waals surface area contributed by atoms with E-state index in [1.54, 1.807) is 24.3 Å². The van der Waals surface area contributed by atoms with Crippen LogP contribution in [0.25, 0.3) is 11.5 Å². The molecule has 0 radical (unpaired) electrons. The van der Waals surface area contributed by atoms with Crippen LogP contribution in [0.2, 0.25) is 0 Å². The quantitative estimate of drug-likeness (QED) is 0.280. The van der Waals surface area contributed by atoms with Gasteiger partial charge >= 0.3 is 12.1 Å². The molecule has 0 aliphatic rings. The van der Waals surface area contributed by atoms with Crippen molar-refractivity contribution in [1.29, 1.82) is 0 Å². The van der Waals surface area contributed by atoms with Crippen LogP contribution in [0.4, 0.5) is 13.2 Å². The molecular weight excluding hydrogens is 471 g/mol. The predicted octanol–water partition coefficient (Wildman–Crippen LogP) is 6.70. The lowest BCUT2D eigenvalue weighted by molar-refractivity contribution is -0.138. The van der Waals surface area contributed by atoms with E-state index in [1.807, 2.05) is 37.3 Å². The minimum atomic E-state index is -4.47. The number of carboxylic acid groups (broad SMARTS) is 1. The van der Waals surface area contributed by atoms with Crippen molar-refractivity contribution in [2.24, 2.45) is 0 Å². The summed E-state index contributed by atoms with van der Waals surface area (Å²) in [5.41, 5.74) is 1.95. The van der Waals surface area contributed by atoms with Crippen LogP contribution < -0.4 is 4.74 Å². The number of carboxylic acids is 1. The molecule has 36 heavy (non-hydrogen) atoms. The van der Waals surface area contributed by atoms with Gasteiger partial charge in [0.05, 0.1) is 23.8 Å². The molecule has 0 amide bonds. The maximum Gasteiger partial charge on any atom is 0.416 e. The Morgan fingerprint density at radius 1 is 1.00 bits per heavy atom. The number of rotatable bonds is 9. The molecule has 3 aromatic carbocycles. The summed E-state index contributed by atoms with van der Waals surface area (Å²) in [6, 6.07) is 20.9. The lowest BCUT2D eigenvalue weighted by atomic mass is 9.91. The number of nitrogens with zero attached hydrogens (tertiary/aromatic N) is 1. The van der Waals surface area contributed by atoms with Gasteiger partial charge in [-0.15, -0.1) is 0 Å². The van der Waals surface area contributed by atoms with E-state index in [4.69, 9.17) is 9.15 Å². The van der Waals surface area contributed by atoms with Gasteiger partial charge in [0, 0.05) is 12.0 Å². The third-order valence-corrected chi connectivity index (χ3v) is 5.82. The lowest BCUT2D eigenvalue weighted by Gasteiger charge is -2.15. The van der Waals surface area contributed by atoms with Crippen LogP contribution in [0.15, 0.2) is 83.3 Å². The summed E-state index contributed by atoms with van der Waals surface area (Å²) in [5.74, 6) is -0.158. The monoisotopic (exact) mass is 495 g/mol. The van der Waals surface area contributed by atoms with Gasteiger partial charge < -0.3 is 14.3 Å². The van der Waals surface area contributed by atoms with Gasteiger partial charge in [0.15, 0.2) is 0 Å². The number of halogens is 3. The smallest absolute Gasteiger partial charge is 0.416 e. The molecule has 1 atom stereocenters. The van der Waals surface area contributed by atoms with Gasteiger partial charge in [0.2, 0.25) is 5.89 Å².